The van der Waals surface area contributed by atoms with Gasteiger partial charge >= 0.3 is 5.97 Å². The predicted octanol–water partition coefficient (Wildman–Crippen LogP) is 3.19. The lowest BCUT2D eigenvalue weighted by Gasteiger charge is -2.39. The molecule has 3 nitrogen and oxygen atoms in total. The Morgan fingerprint density at radius 3 is 2.62 bits per heavy atom. The first-order chi connectivity index (χ1) is 9.97. The van der Waals surface area contributed by atoms with Gasteiger partial charge in [0.05, 0.1) is 5.92 Å². The van der Waals surface area contributed by atoms with E-state index in [0.717, 1.165) is 31.4 Å². The van der Waals surface area contributed by atoms with Gasteiger partial charge in [-0.05, 0) is 49.4 Å². The van der Waals surface area contributed by atoms with E-state index in [1.807, 2.05) is 12.1 Å². The highest BCUT2D eigenvalue weighted by atomic mass is 19.1. The number of nitrogens with zero attached hydrogens (tertiary/aromatic N) is 1. The monoisotopic (exact) mass is 293 g/mol. The Morgan fingerprint density at radius 1 is 1.38 bits per heavy atom. The Balaban J connectivity index is 2.07. The minimum Gasteiger partial charge on any atom is -0.481 e. The number of carboxylic acid groups (broad SMARTS) is 1. The molecule has 2 unspecified atom stereocenters. The minimum absolute atomic E-state index is 0.219. The van der Waals surface area contributed by atoms with E-state index < -0.39 is 5.97 Å². The fraction of sp³-hybridized carbons (Fsp3) is 0.588. The summed E-state index contributed by atoms with van der Waals surface area (Å²) >= 11 is 0. The van der Waals surface area contributed by atoms with Gasteiger partial charge in [0, 0.05) is 12.6 Å². The van der Waals surface area contributed by atoms with Crippen molar-refractivity contribution in [3.05, 3.63) is 35.6 Å². The molecule has 2 atom stereocenters. The van der Waals surface area contributed by atoms with Crippen LogP contribution in [0, 0.1) is 17.7 Å². The molecule has 0 aliphatic carbocycles. The molecule has 0 radical (unpaired) electrons. The van der Waals surface area contributed by atoms with Gasteiger partial charge in [-0.1, -0.05) is 26.0 Å². The Kier molecular flexibility index (Phi) is 5.34. The molecule has 1 aliphatic heterocycles. The first kappa shape index (κ1) is 16.0. The number of aliphatic carboxylic acids is 1. The summed E-state index contributed by atoms with van der Waals surface area (Å²) in [7, 11) is 0. The fourth-order valence-electron chi connectivity index (χ4n) is 3.16. The van der Waals surface area contributed by atoms with E-state index in [4.69, 9.17) is 0 Å². The summed E-state index contributed by atoms with van der Waals surface area (Å²) < 4.78 is 13.0. The van der Waals surface area contributed by atoms with E-state index in [1.54, 1.807) is 0 Å². The molecule has 116 valence electrons. The van der Waals surface area contributed by atoms with Gasteiger partial charge in [-0.2, -0.15) is 0 Å². The van der Waals surface area contributed by atoms with Crippen molar-refractivity contribution in [1.29, 1.82) is 0 Å². The summed E-state index contributed by atoms with van der Waals surface area (Å²) in [6.07, 6.45) is 2.54. The zero-order valence-electron chi connectivity index (χ0n) is 12.8. The number of carboxylic acids is 1. The van der Waals surface area contributed by atoms with Crippen LogP contribution in [-0.2, 0) is 11.2 Å². The van der Waals surface area contributed by atoms with Crippen LogP contribution < -0.4 is 0 Å². The van der Waals surface area contributed by atoms with Gasteiger partial charge in [-0.15, -0.1) is 0 Å². The third-order valence-electron chi connectivity index (χ3n) is 4.40. The van der Waals surface area contributed by atoms with Crippen molar-refractivity contribution >= 4 is 5.97 Å². The maximum absolute atomic E-state index is 13.0. The standard InChI is InChI=1S/C17H24FNO2/c1-12(2)16(10-13-5-7-15(18)8-6-13)19-9-3-4-14(11-19)17(20)21/h5-8,12,14,16H,3-4,9-11H2,1-2H3,(H,20,21). The van der Waals surface area contributed by atoms with Gasteiger partial charge in [-0.25, -0.2) is 4.39 Å². The maximum atomic E-state index is 13.0. The zero-order valence-corrected chi connectivity index (χ0v) is 12.8. The quantitative estimate of drug-likeness (QED) is 0.906. The molecule has 21 heavy (non-hydrogen) atoms. The van der Waals surface area contributed by atoms with Crippen molar-refractivity contribution in [3.8, 4) is 0 Å². The molecule has 2 rings (SSSR count). The largest absolute Gasteiger partial charge is 0.481 e. The van der Waals surface area contributed by atoms with Crippen molar-refractivity contribution < 1.29 is 14.3 Å². The molecule has 0 aromatic heterocycles. The number of hydrogen-bond acceptors (Lipinski definition) is 2. The van der Waals surface area contributed by atoms with Gasteiger partial charge in [0.2, 0.25) is 0 Å². The summed E-state index contributed by atoms with van der Waals surface area (Å²) in [5.41, 5.74) is 1.10. The number of likely N-dealkylation sites (tertiary alicyclic amines) is 1. The molecule has 1 aromatic carbocycles. The molecule has 1 heterocycles. The molecule has 0 amide bonds. The van der Waals surface area contributed by atoms with Crippen molar-refractivity contribution in [2.45, 2.75) is 39.2 Å². The molecule has 1 saturated heterocycles. The Bertz CT molecular complexity index is 472. The molecule has 1 fully saturated rings. The SMILES string of the molecule is CC(C)C(Cc1ccc(F)cc1)N1CCCC(C(=O)O)C1. The summed E-state index contributed by atoms with van der Waals surface area (Å²) in [5, 5.41) is 9.23. The van der Waals surface area contributed by atoms with E-state index in [1.165, 1.54) is 12.1 Å². The Morgan fingerprint density at radius 2 is 2.05 bits per heavy atom. The maximum Gasteiger partial charge on any atom is 0.307 e. The van der Waals surface area contributed by atoms with Crippen LogP contribution in [0.4, 0.5) is 4.39 Å². The summed E-state index contributed by atoms with van der Waals surface area (Å²) in [4.78, 5) is 13.5. The van der Waals surface area contributed by atoms with Crippen LogP contribution in [0.2, 0.25) is 0 Å². The third-order valence-corrected chi connectivity index (χ3v) is 4.40. The van der Waals surface area contributed by atoms with Crippen LogP contribution in [0.25, 0.3) is 0 Å². The normalized spacial score (nSPS) is 21.4. The molecular formula is C17H24FNO2. The zero-order chi connectivity index (χ0) is 15.4. The topological polar surface area (TPSA) is 40.5 Å². The van der Waals surface area contributed by atoms with Crippen LogP contribution in [0.5, 0.6) is 0 Å². The van der Waals surface area contributed by atoms with Crippen molar-refractivity contribution in [3.63, 3.8) is 0 Å². The summed E-state index contributed by atoms with van der Waals surface area (Å²) in [5.74, 6) is -0.733. The lowest BCUT2D eigenvalue weighted by molar-refractivity contribution is -0.144. The number of piperidine rings is 1. The van der Waals surface area contributed by atoms with E-state index in [9.17, 15) is 14.3 Å². The van der Waals surface area contributed by atoms with E-state index in [0.29, 0.717) is 18.5 Å². The minimum atomic E-state index is -0.691. The molecular weight excluding hydrogens is 269 g/mol. The average Bonchev–Trinajstić information content (AvgIpc) is 2.46. The molecule has 4 heteroatoms. The van der Waals surface area contributed by atoms with E-state index in [2.05, 4.69) is 18.7 Å². The summed E-state index contributed by atoms with van der Waals surface area (Å²) in [6.45, 7) is 5.91. The number of carbonyl (C=O) groups is 1. The summed E-state index contributed by atoms with van der Waals surface area (Å²) in [6, 6.07) is 6.93. The van der Waals surface area contributed by atoms with E-state index >= 15 is 0 Å². The average molecular weight is 293 g/mol. The highest BCUT2D eigenvalue weighted by Crippen LogP contribution is 2.24. The second-order valence-corrected chi connectivity index (χ2v) is 6.31. The molecule has 1 aromatic rings. The van der Waals surface area contributed by atoms with Crippen LogP contribution in [-0.4, -0.2) is 35.1 Å². The van der Waals surface area contributed by atoms with Crippen LogP contribution in [0.3, 0.4) is 0 Å². The number of halogens is 1. The first-order valence-electron chi connectivity index (χ1n) is 7.68. The first-order valence-corrected chi connectivity index (χ1v) is 7.68. The van der Waals surface area contributed by atoms with Crippen molar-refractivity contribution in [1.82, 2.24) is 4.90 Å². The van der Waals surface area contributed by atoms with Crippen molar-refractivity contribution in [2.75, 3.05) is 13.1 Å². The number of rotatable bonds is 5. The molecule has 1 N–H and O–H groups in total. The number of hydrogen-bond donors (Lipinski definition) is 1. The second kappa shape index (κ2) is 7.03. The van der Waals surface area contributed by atoms with Gasteiger partial charge in [0.25, 0.3) is 0 Å². The van der Waals surface area contributed by atoms with Crippen LogP contribution in [0.1, 0.15) is 32.3 Å². The lowest BCUT2D eigenvalue weighted by Crippen LogP contribution is -2.47. The smallest absolute Gasteiger partial charge is 0.307 e. The second-order valence-electron chi connectivity index (χ2n) is 6.31. The van der Waals surface area contributed by atoms with Crippen LogP contribution in [0.15, 0.2) is 24.3 Å². The van der Waals surface area contributed by atoms with Gasteiger partial charge in [-0.3, -0.25) is 9.69 Å². The highest BCUT2D eigenvalue weighted by molar-refractivity contribution is 5.70. The molecule has 0 saturated carbocycles. The Hall–Kier alpha value is -1.42. The van der Waals surface area contributed by atoms with Gasteiger partial charge < -0.3 is 5.11 Å². The van der Waals surface area contributed by atoms with Gasteiger partial charge in [0.1, 0.15) is 5.82 Å². The molecule has 0 bridgehead atoms. The molecule has 1 aliphatic rings. The number of benzene rings is 1. The van der Waals surface area contributed by atoms with Gasteiger partial charge in [0.15, 0.2) is 0 Å². The fourth-order valence-corrected chi connectivity index (χ4v) is 3.16. The van der Waals surface area contributed by atoms with E-state index in [-0.39, 0.29) is 11.7 Å². The molecule has 0 spiro atoms. The Labute approximate surface area is 125 Å². The lowest BCUT2D eigenvalue weighted by atomic mass is 9.90. The highest BCUT2D eigenvalue weighted by Gasteiger charge is 2.30. The third kappa shape index (κ3) is 4.27. The van der Waals surface area contributed by atoms with Crippen molar-refractivity contribution in [2.24, 2.45) is 11.8 Å². The van der Waals surface area contributed by atoms with Crippen LogP contribution >= 0.6 is 0 Å². The predicted molar refractivity (Wildman–Crippen MR) is 80.7 cm³/mol.